The number of hydrogen-bond acceptors (Lipinski definition) is 5. The van der Waals surface area contributed by atoms with Gasteiger partial charge in [0.2, 0.25) is 6.79 Å². The Kier molecular flexibility index (Phi) is 4.77. The van der Waals surface area contributed by atoms with Crippen molar-refractivity contribution >= 4 is 17.6 Å². The Morgan fingerprint density at radius 1 is 0.929 bits per heavy atom. The number of allylic oxidation sites excluding steroid dienone is 1. The Hall–Kier alpha value is -4.04. The molecule has 4 rings (SSSR count). The van der Waals surface area contributed by atoms with Crippen LogP contribution in [0.1, 0.15) is 21.5 Å². The van der Waals surface area contributed by atoms with Gasteiger partial charge in [-0.2, -0.15) is 5.26 Å². The topological polar surface area (TPSA) is 68.5 Å². The molecule has 3 aromatic carbocycles. The molecule has 1 aliphatic rings. The van der Waals surface area contributed by atoms with Crippen molar-refractivity contribution in [1.82, 2.24) is 0 Å². The maximum Gasteiger partial charge on any atom is 0.343 e. The minimum absolute atomic E-state index is 0.149. The zero-order chi connectivity index (χ0) is 19.3. The molecule has 0 spiro atoms. The third kappa shape index (κ3) is 3.71. The number of carbonyl (C=O) groups excluding carboxylic acids is 1. The minimum Gasteiger partial charge on any atom is -0.454 e. The van der Waals surface area contributed by atoms with E-state index in [0.717, 1.165) is 11.1 Å². The standard InChI is InChI=1S/C23H15NO4/c24-14-19(17-4-2-1-3-5-17)12-16-6-9-20(10-7-16)28-23(25)18-8-11-21-22(13-18)27-15-26-21/h1-13H,15H2/b19-12-. The first-order valence-corrected chi connectivity index (χ1v) is 8.62. The fourth-order valence-electron chi connectivity index (χ4n) is 2.79. The van der Waals surface area contributed by atoms with E-state index in [2.05, 4.69) is 6.07 Å². The van der Waals surface area contributed by atoms with Gasteiger partial charge >= 0.3 is 5.97 Å². The monoisotopic (exact) mass is 369 g/mol. The van der Waals surface area contributed by atoms with Crippen molar-refractivity contribution in [2.45, 2.75) is 0 Å². The second-order valence-corrected chi connectivity index (χ2v) is 6.06. The van der Waals surface area contributed by atoms with Crippen LogP contribution in [-0.2, 0) is 0 Å². The van der Waals surface area contributed by atoms with E-state index in [4.69, 9.17) is 14.2 Å². The highest BCUT2D eigenvalue weighted by Crippen LogP contribution is 2.32. The largest absolute Gasteiger partial charge is 0.454 e. The molecule has 0 atom stereocenters. The van der Waals surface area contributed by atoms with Crippen molar-refractivity contribution in [2.75, 3.05) is 6.79 Å². The van der Waals surface area contributed by atoms with Crippen molar-refractivity contribution < 1.29 is 19.0 Å². The summed E-state index contributed by atoms with van der Waals surface area (Å²) in [6, 6.07) is 23.5. The van der Waals surface area contributed by atoms with E-state index in [9.17, 15) is 10.1 Å². The maximum absolute atomic E-state index is 12.3. The lowest BCUT2D eigenvalue weighted by Gasteiger charge is -2.06. The van der Waals surface area contributed by atoms with Gasteiger partial charge in [-0.15, -0.1) is 0 Å². The summed E-state index contributed by atoms with van der Waals surface area (Å²) in [5.41, 5.74) is 2.63. The Morgan fingerprint density at radius 3 is 2.43 bits per heavy atom. The quantitative estimate of drug-likeness (QED) is 0.289. The van der Waals surface area contributed by atoms with Gasteiger partial charge in [0.1, 0.15) is 5.75 Å². The van der Waals surface area contributed by atoms with Crippen LogP contribution in [-0.4, -0.2) is 12.8 Å². The number of benzene rings is 3. The van der Waals surface area contributed by atoms with Crippen molar-refractivity contribution in [2.24, 2.45) is 0 Å². The Labute approximate surface area is 162 Å². The molecule has 28 heavy (non-hydrogen) atoms. The highest BCUT2D eigenvalue weighted by Gasteiger charge is 2.17. The number of nitriles is 1. The lowest BCUT2D eigenvalue weighted by atomic mass is 10.0. The predicted octanol–water partition coefficient (Wildman–Crippen LogP) is 4.70. The average molecular weight is 369 g/mol. The van der Waals surface area contributed by atoms with E-state index in [1.807, 2.05) is 30.3 Å². The van der Waals surface area contributed by atoms with Crippen LogP contribution in [0.5, 0.6) is 17.2 Å². The van der Waals surface area contributed by atoms with Crippen LogP contribution in [0, 0.1) is 11.3 Å². The van der Waals surface area contributed by atoms with E-state index in [1.54, 1.807) is 48.5 Å². The number of rotatable bonds is 4. The molecule has 5 heteroatoms. The van der Waals surface area contributed by atoms with Crippen LogP contribution in [0.25, 0.3) is 11.6 Å². The van der Waals surface area contributed by atoms with Gasteiger partial charge in [0.25, 0.3) is 0 Å². The van der Waals surface area contributed by atoms with E-state index in [0.29, 0.717) is 28.4 Å². The molecule has 0 saturated heterocycles. The lowest BCUT2D eigenvalue weighted by Crippen LogP contribution is -2.08. The van der Waals surface area contributed by atoms with Crippen LogP contribution in [0.15, 0.2) is 72.8 Å². The van der Waals surface area contributed by atoms with Gasteiger partial charge in [-0.05, 0) is 47.5 Å². The Morgan fingerprint density at radius 2 is 1.68 bits per heavy atom. The Balaban J connectivity index is 1.48. The number of esters is 1. The molecule has 1 heterocycles. The molecular weight excluding hydrogens is 354 g/mol. The molecule has 0 bridgehead atoms. The van der Waals surface area contributed by atoms with Gasteiger partial charge in [-0.3, -0.25) is 0 Å². The highest BCUT2D eigenvalue weighted by molar-refractivity contribution is 5.92. The Bertz CT molecular complexity index is 1080. The van der Waals surface area contributed by atoms with E-state index in [-0.39, 0.29) is 6.79 Å². The number of hydrogen-bond donors (Lipinski definition) is 0. The molecular formula is C23H15NO4. The summed E-state index contributed by atoms with van der Waals surface area (Å²) >= 11 is 0. The predicted molar refractivity (Wildman–Crippen MR) is 104 cm³/mol. The fraction of sp³-hybridized carbons (Fsp3) is 0.0435. The van der Waals surface area contributed by atoms with E-state index < -0.39 is 5.97 Å². The summed E-state index contributed by atoms with van der Waals surface area (Å²) in [6.07, 6.45) is 1.79. The summed E-state index contributed by atoms with van der Waals surface area (Å²) in [4.78, 5) is 12.3. The van der Waals surface area contributed by atoms with Gasteiger partial charge in [-0.25, -0.2) is 4.79 Å². The van der Waals surface area contributed by atoms with Crippen LogP contribution < -0.4 is 14.2 Å². The van der Waals surface area contributed by atoms with Crippen molar-refractivity contribution in [1.29, 1.82) is 5.26 Å². The van der Waals surface area contributed by atoms with Crippen molar-refractivity contribution in [3.63, 3.8) is 0 Å². The third-order valence-electron chi connectivity index (χ3n) is 4.22. The summed E-state index contributed by atoms with van der Waals surface area (Å²) in [5, 5.41) is 9.40. The van der Waals surface area contributed by atoms with Crippen LogP contribution in [0.4, 0.5) is 0 Å². The van der Waals surface area contributed by atoms with Crippen LogP contribution in [0.3, 0.4) is 0 Å². The number of carbonyl (C=O) groups is 1. The third-order valence-corrected chi connectivity index (χ3v) is 4.22. The summed E-state index contributed by atoms with van der Waals surface area (Å²) in [6.45, 7) is 0.149. The van der Waals surface area contributed by atoms with Gasteiger partial charge in [0.15, 0.2) is 11.5 Å². The SMILES string of the molecule is N#C/C(=C/c1ccc(OC(=O)c2ccc3c(c2)OCO3)cc1)c1ccccc1. The fourth-order valence-corrected chi connectivity index (χ4v) is 2.79. The maximum atomic E-state index is 12.3. The first-order chi connectivity index (χ1) is 13.7. The summed E-state index contributed by atoms with van der Waals surface area (Å²) in [5.74, 6) is 1.07. The summed E-state index contributed by atoms with van der Waals surface area (Å²) in [7, 11) is 0. The van der Waals surface area contributed by atoms with Gasteiger partial charge in [-0.1, -0.05) is 42.5 Å². The molecule has 0 N–H and O–H groups in total. The van der Waals surface area contributed by atoms with Crippen LogP contribution >= 0.6 is 0 Å². The minimum atomic E-state index is -0.483. The second kappa shape index (κ2) is 7.68. The number of ether oxygens (including phenoxy) is 3. The normalized spacial score (nSPS) is 12.3. The molecule has 0 aromatic heterocycles. The smallest absolute Gasteiger partial charge is 0.343 e. The first-order valence-electron chi connectivity index (χ1n) is 8.62. The van der Waals surface area contributed by atoms with E-state index in [1.165, 1.54) is 0 Å². The molecule has 5 nitrogen and oxygen atoms in total. The molecule has 0 amide bonds. The zero-order valence-electron chi connectivity index (χ0n) is 14.8. The zero-order valence-corrected chi connectivity index (χ0v) is 14.8. The first kappa shape index (κ1) is 17.4. The van der Waals surface area contributed by atoms with E-state index >= 15 is 0 Å². The molecule has 3 aromatic rings. The highest BCUT2D eigenvalue weighted by atomic mass is 16.7. The van der Waals surface area contributed by atoms with Crippen molar-refractivity contribution in [3.8, 4) is 23.3 Å². The van der Waals surface area contributed by atoms with Crippen molar-refractivity contribution in [3.05, 3.63) is 89.5 Å². The molecule has 136 valence electrons. The molecule has 0 fully saturated rings. The number of nitrogens with zero attached hydrogens (tertiary/aromatic N) is 1. The summed E-state index contributed by atoms with van der Waals surface area (Å²) < 4.78 is 15.9. The average Bonchev–Trinajstić information content (AvgIpc) is 3.21. The van der Waals surface area contributed by atoms with Gasteiger partial charge < -0.3 is 14.2 Å². The second-order valence-electron chi connectivity index (χ2n) is 6.06. The molecule has 0 saturated carbocycles. The molecule has 1 aliphatic heterocycles. The van der Waals surface area contributed by atoms with Gasteiger partial charge in [0.05, 0.1) is 17.2 Å². The molecule has 0 aliphatic carbocycles. The molecule has 0 radical (unpaired) electrons. The number of fused-ring (bicyclic) bond motifs is 1. The molecule has 0 unspecified atom stereocenters. The van der Waals surface area contributed by atoms with Crippen LogP contribution in [0.2, 0.25) is 0 Å². The lowest BCUT2D eigenvalue weighted by molar-refractivity contribution is 0.0734. The van der Waals surface area contributed by atoms with Gasteiger partial charge in [0, 0.05) is 0 Å².